The molecule has 0 unspecified atom stereocenters. The second kappa shape index (κ2) is 7.34. The van der Waals surface area contributed by atoms with Crippen molar-refractivity contribution in [2.45, 2.75) is 12.3 Å². The lowest BCUT2D eigenvalue weighted by Gasteiger charge is -2.17. The van der Waals surface area contributed by atoms with Crippen molar-refractivity contribution < 1.29 is 27.8 Å². The molecule has 1 amide bonds. The predicted molar refractivity (Wildman–Crippen MR) is 116 cm³/mol. The first kappa shape index (κ1) is 20.5. The summed E-state index contributed by atoms with van der Waals surface area (Å²) in [5, 5.41) is 12.4. The number of alkyl halides is 4. The van der Waals surface area contributed by atoms with Crippen molar-refractivity contribution in [1.29, 1.82) is 0 Å². The molecule has 164 valence electrons. The minimum absolute atomic E-state index is 0.0537. The fraction of sp³-hybridized carbons (Fsp3) is 0.174. The number of phenols is 1. The number of carbonyl (C=O) groups is 1. The summed E-state index contributed by atoms with van der Waals surface area (Å²) < 4.78 is 41.5. The molecule has 5 rings (SSSR count). The molecule has 0 bridgehead atoms. The van der Waals surface area contributed by atoms with E-state index in [-0.39, 0.29) is 34.9 Å². The zero-order valence-electron chi connectivity index (χ0n) is 16.4. The van der Waals surface area contributed by atoms with Gasteiger partial charge in [-0.3, -0.25) is 4.79 Å². The van der Waals surface area contributed by atoms with Crippen LogP contribution in [0.4, 0.5) is 18.9 Å². The molecule has 0 aliphatic carbocycles. The van der Waals surface area contributed by atoms with Crippen molar-refractivity contribution >= 4 is 44.9 Å². The zero-order valence-corrected chi connectivity index (χ0v) is 17.2. The van der Waals surface area contributed by atoms with Crippen molar-refractivity contribution in [2.24, 2.45) is 0 Å². The number of phenolic OH excluding ortho intramolecular Hbond substituents is 1. The van der Waals surface area contributed by atoms with Crippen molar-refractivity contribution in [3.05, 3.63) is 65.9 Å². The van der Waals surface area contributed by atoms with Crippen LogP contribution in [-0.2, 0) is 0 Å². The topological polar surface area (TPSA) is 65.6 Å². The number of carbonyl (C=O) groups excluding carboxylic acids is 1. The number of aromatic amines is 1. The van der Waals surface area contributed by atoms with E-state index in [0.29, 0.717) is 28.5 Å². The molecule has 1 atom stereocenters. The van der Waals surface area contributed by atoms with Gasteiger partial charge in [-0.15, -0.1) is 24.8 Å². The molecule has 0 saturated carbocycles. The van der Waals surface area contributed by atoms with E-state index in [4.69, 9.17) is 11.6 Å². The number of anilines is 1. The van der Waals surface area contributed by atoms with Gasteiger partial charge in [0.15, 0.2) is 0 Å². The van der Waals surface area contributed by atoms with E-state index >= 15 is 0 Å². The monoisotopic (exact) mass is 460 g/mol. The highest BCUT2D eigenvalue weighted by Gasteiger charge is 2.35. The van der Waals surface area contributed by atoms with E-state index in [2.05, 4.69) is 9.72 Å². The molecule has 9 heteroatoms. The Labute approximate surface area is 185 Å². The molecule has 2 heterocycles. The second-order valence-corrected chi connectivity index (χ2v) is 7.93. The molecule has 32 heavy (non-hydrogen) atoms. The number of halogens is 4. The van der Waals surface area contributed by atoms with E-state index in [1.54, 1.807) is 12.1 Å². The molecule has 1 aromatic heterocycles. The van der Waals surface area contributed by atoms with Crippen molar-refractivity contribution in [3.63, 3.8) is 0 Å². The lowest BCUT2D eigenvalue weighted by atomic mass is 9.95. The third kappa shape index (κ3) is 3.40. The Bertz CT molecular complexity index is 1370. The van der Waals surface area contributed by atoms with Crippen LogP contribution in [0.3, 0.4) is 0 Å². The molecular weight excluding hydrogens is 445 g/mol. The number of hydrogen-bond acceptors (Lipinski definition) is 3. The minimum Gasteiger partial charge on any atom is -0.507 e. The molecule has 0 fully saturated rings. The van der Waals surface area contributed by atoms with E-state index in [9.17, 15) is 23.1 Å². The Morgan fingerprint density at radius 2 is 1.91 bits per heavy atom. The number of rotatable bonds is 3. The van der Waals surface area contributed by atoms with E-state index in [1.165, 1.54) is 29.2 Å². The molecule has 1 aliphatic rings. The van der Waals surface area contributed by atoms with E-state index in [0.717, 1.165) is 10.9 Å². The van der Waals surface area contributed by atoms with Gasteiger partial charge in [-0.2, -0.15) is 0 Å². The maximum Gasteiger partial charge on any atom is 0.573 e. The fourth-order valence-corrected chi connectivity index (χ4v) is 4.57. The first-order chi connectivity index (χ1) is 15.2. The third-order valence-corrected chi connectivity index (χ3v) is 6.00. The highest BCUT2D eigenvalue weighted by Crippen LogP contribution is 2.45. The van der Waals surface area contributed by atoms with Gasteiger partial charge in [0, 0.05) is 40.7 Å². The molecule has 0 radical (unpaired) electrons. The zero-order chi connectivity index (χ0) is 22.6. The molecule has 0 spiro atoms. The molecule has 1 aliphatic heterocycles. The van der Waals surface area contributed by atoms with Crippen LogP contribution in [0.15, 0.2) is 54.6 Å². The van der Waals surface area contributed by atoms with Gasteiger partial charge in [-0.1, -0.05) is 24.3 Å². The minimum atomic E-state index is -4.80. The van der Waals surface area contributed by atoms with E-state index in [1.807, 2.05) is 18.2 Å². The normalized spacial score (nSPS) is 16.0. The van der Waals surface area contributed by atoms with Gasteiger partial charge in [0.2, 0.25) is 0 Å². The summed E-state index contributed by atoms with van der Waals surface area (Å²) >= 11 is 6.21. The van der Waals surface area contributed by atoms with Crippen LogP contribution in [0.25, 0.3) is 21.7 Å². The maximum absolute atomic E-state index is 13.4. The van der Waals surface area contributed by atoms with Gasteiger partial charge in [0.05, 0.1) is 5.69 Å². The number of amides is 1. The van der Waals surface area contributed by atoms with Gasteiger partial charge >= 0.3 is 6.36 Å². The number of nitrogens with one attached hydrogen (secondary N) is 1. The molecule has 5 nitrogen and oxygen atoms in total. The van der Waals surface area contributed by atoms with Crippen molar-refractivity contribution in [3.8, 4) is 11.5 Å². The predicted octanol–water partition coefficient (Wildman–Crippen LogP) is 5.91. The first-order valence-corrected chi connectivity index (χ1v) is 10.3. The van der Waals surface area contributed by atoms with Gasteiger partial charge in [0.25, 0.3) is 5.91 Å². The average Bonchev–Trinajstić information content (AvgIpc) is 3.33. The smallest absolute Gasteiger partial charge is 0.507 e. The van der Waals surface area contributed by atoms with Crippen molar-refractivity contribution in [2.75, 3.05) is 17.3 Å². The molecule has 4 aromatic rings. The number of benzene rings is 3. The number of hydrogen-bond donors (Lipinski definition) is 2. The number of fused-ring (bicyclic) bond motifs is 4. The average molecular weight is 461 g/mol. The Hall–Kier alpha value is -3.39. The van der Waals surface area contributed by atoms with Crippen LogP contribution in [0.5, 0.6) is 11.5 Å². The summed E-state index contributed by atoms with van der Waals surface area (Å²) in [6.45, 7) is 0.322. The van der Waals surface area contributed by atoms with Crippen LogP contribution in [-0.4, -0.2) is 34.8 Å². The second-order valence-electron chi connectivity index (χ2n) is 7.62. The fourth-order valence-electron chi connectivity index (χ4n) is 4.31. The number of aromatic hydroxyl groups is 1. The lowest BCUT2D eigenvalue weighted by Crippen LogP contribution is -2.30. The summed E-state index contributed by atoms with van der Waals surface area (Å²) in [4.78, 5) is 17.8. The van der Waals surface area contributed by atoms with Crippen LogP contribution in [0.1, 0.15) is 22.0 Å². The molecule has 0 saturated heterocycles. The lowest BCUT2D eigenvalue weighted by molar-refractivity contribution is -0.274. The summed E-state index contributed by atoms with van der Waals surface area (Å²) in [5.41, 5.74) is 2.16. The summed E-state index contributed by atoms with van der Waals surface area (Å²) in [6, 6.07) is 14.2. The Morgan fingerprint density at radius 1 is 1.16 bits per heavy atom. The van der Waals surface area contributed by atoms with Crippen LogP contribution < -0.4 is 9.64 Å². The number of aromatic nitrogens is 1. The van der Waals surface area contributed by atoms with Crippen LogP contribution in [0.2, 0.25) is 0 Å². The molecule has 3 aromatic carbocycles. The summed E-state index contributed by atoms with van der Waals surface area (Å²) in [6.07, 6.45) is -4.80. The Kier molecular flexibility index (Phi) is 4.70. The van der Waals surface area contributed by atoms with Gasteiger partial charge in [-0.25, -0.2) is 0 Å². The highest BCUT2D eigenvalue weighted by atomic mass is 35.5. The SMILES string of the molecule is O=C(c1cc2cc(OC(F)(F)F)ccc2[nH]1)N1C[C@@H](CCl)c2c1cc(O)c1ccccc21. The largest absolute Gasteiger partial charge is 0.573 e. The van der Waals surface area contributed by atoms with Crippen LogP contribution in [0, 0.1) is 0 Å². The number of ether oxygens (including phenoxy) is 1. The maximum atomic E-state index is 13.4. The Balaban J connectivity index is 1.55. The molecular formula is C23H16ClF3N2O3. The highest BCUT2D eigenvalue weighted by molar-refractivity contribution is 6.19. The number of nitrogens with zero attached hydrogens (tertiary/aromatic N) is 1. The van der Waals surface area contributed by atoms with Gasteiger partial charge in [-0.05, 0) is 35.2 Å². The van der Waals surface area contributed by atoms with E-state index < -0.39 is 6.36 Å². The number of H-pyrrole nitrogens is 1. The summed E-state index contributed by atoms with van der Waals surface area (Å²) in [5.74, 6) is -0.525. The van der Waals surface area contributed by atoms with Crippen molar-refractivity contribution in [1.82, 2.24) is 4.98 Å². The standard InChI is InChI=1S/C23H16ClF3N2O3/c24-10-13-11-29(19-9-20(30)15-3-1-2-4-16(15)21(13)19)22(31)18-8-12-7-14(32-23(25,26)27)5-6-17(12)28-18/h1-9,13,28,30H,10-11H2/t13-/m1/s1. The summed E-state index contributed by atoms with van der Waals surface area (Å²) in [7, 11) is 0. The Morgan fingerprint density at radius 3 is 2.62 bits per heavy atom. The first-order valence-electron chi connectivity index (χ1n) is 9.76. The third-order valence-electron chi connectivity index (χ3n) is 5.63. The van der Waals surface area contributed by atoms with Gasteiger partial charge < -0.3 is 19.7 Å². The van der Waals surface area contributed by atoms with Crippen LogP contribution >= 0.6 is 11.6 Å². The van der Waals surface area contributed by atoms with Gasteiger partial charge in [0.1, 0.15) is 17.2 Å². The quantitative estimate of drug-likeness (QED) is 0.374. The molecule has 2 N–H and O–H groups in total.